The highest BCUT2D eigenvalue weighted by Gasteiger charge is 2.25. The molecule has 0 aliphatic heterocycles. The van der Waals surface area contributed by atoms with E-state index in [1.807, 2.05) is 7.05 Å². The second kappa shape index (κ2) is 5.17. The number of hydrogen-bond acceptors (Lipinski definition) is 4. The van der Waals surface area contributed by atoms with Gasteiger partial charge in [-0.25, -0.2) is 9.78 Å². The second-order valence-corrected chi connectivity index (χ2v) is 5.22. The van der Waals surface area contributed by atoms with E-state index >= 15 is 0 Å². The van der Waals surface area contributed by atoms with E-state index in [1.165, 1.54) is 19.3 Å². The van der Waals surface area contributed by atoms with Gasteiger partial charge >= 0.3 is 5.76 Å². The summed E-state index contributed by atoms with van der Waals surface area (Å²) >= 11 is 0. The molecule has 1 fully saturated rings. The van der Waals surface area contributed by atoms with Crippen molar-refractivity contribution in [3.63, 3.8) is 0 Å². The Morgan fingerprint density at radius 2 is 2.42 bits per heavy atom. The lowest BCUT2D eigenvalue weighted by Gasteiger charge is -2.18. The molecule has 2 aromatic heterocycles. The molecule has 2 aromatic rings. The molecule has 2 atom stereocenters. The molecule has 0 saturated heterocycles. The van der Waals surface area contributed by atoms with Gasteiger partial charge in [-0.1, -0.05) is 6.42 Å². The van der Waals surface area contributed by atoms with Crippen LogP contribution in [0.15, 0.2) is 27.5 Å². The minimum absolute atomic E-state index is 0.298. The number of aryl methyl sites for hydroxylation is 1. The van der Waals surface area contributed by atoms with Crippen LogP contribution in [0, 0.1) is 5.92 Å². The van der Waals surface area contributed by atoms with Crippen molar-refractivity contribution in [3.05, 3.63) is 28.9 Å². The number of nitrogens with zero attached hydrogens (tertiary/aromatic N) is 2. The summed E-state index contributed by atoms with van der Waals surface area (Å²) in [5.41, 5.74) is 1.23. The van der Waals surface area contributed by atoms with Crippen molar-refractivity contribution in [1.82, 2.24) is 14.9 Å². The third kappa shape index (κ3) is 2.30. The summed E-state index contributed by atoms with van der Waals surface area (Å²) in [7, 11) is 2.02. The van der Waals surface area contributed by atoms with Crippen molar-refractivity contribution in [2.45, 2.75) is 38.3 Å². The number of oxazole rings is 1. The fraction of sp³-hybridized carbons (Fsp3) is 0.571. The first-order valence-corrected chi connectivity index (χ1v) is 6.91. The summed E-state index contributed by atoms with van der Waals surface area (Å²) in [5, 5.41) is 3.37. The maximum Gasteiger partial charge on any atom is 0.421 e. The maximum absolute atomic E-state index is 11.8. The van der Waals surface area contributed by atoms with Gasteiger partial charge in [0.2, 0.25) is 0 Å². The van der Waals surface area contributed by atoms with Crippen LogP contribution >= 0.6 is 0 Å². The van der Waals surface area contributed by atoms with Crippen molar-refractivity contribution in [3.8, 4) is 0 Å². The van der Waals surface area contributed by atoms with Crippen LogP contribution in [0.25, 0.3) is 11.2 Å². The molecule has 2 heterocycles. The van der Waals surface area contributed by atoms with Gasteiger partial charge in [-0.2, -0.15) is 0 Å². The molecule has 0 amide bonds. The fourth-order valence-electron chi connectivity index (χ4n) is 3.15. The van der Waals surface area contributed by atoms with Crippen LogP contribution < -0.4 is 11.1 Å². The first-order valence-electron chi connectivity index (χ1n) is 6.91. The molecule has 5 heteroatoms. The van der Waals surface area contributed by atoms with Crippen LogP contribution in [0.5, 0.6) is 0 Å². The average molecular weight is 261 g/mol. The van der Waals surface area contributed by atoms with Crippen molar-refractivity contribution in [2.75, 3.05) is 7.05 Å². The smallest absolute Gasteiger partial charge is 0.406 e. The number of aromatic nitrogens is 2. The van der Waals surface area contributed by atoms with E-state index in [0.717, 1.165) is 6.42 Å². The molecule has 102 valence electrons. The van der Waals surface area contributed by atoms with Gasteiger partial charge < -0.3 is 9.73 Å². The topological polar surface area (TPSA) is 60.1 Å². The Bertz CT molecular complexity index is 616. The highest BCUT2D eigenvalue weighted by Crippen LogP contribution is 2.28. The molecular formula is C14H19N3O2. The molecule has 1 saturated carbocycles. The predicted molar refractivity (Wildman–Crippen MR) is 73.1 cm³/mol. The van der Waals surface area contributed by atoms with Gasteiger partial charge in [-0.3, -0.25) is 4.57 Å². The highest BCUT2D eigenvalue weighted by molar-refractivity contribution is 5.67. The first-order chi connectivity index (χ1) is 9.29. The van der Waals surface area contributed by atoms with Crippen LogP contribution in [-0.2, 0) is 6.54 Å². The standard InChI is InChI=1S/C14H19N3O2/c1-15-11-5-2-4-10(11)7-9-17-13-12(19-14(17)18)6-3-8-16-13/h3,6,8,10-11,15H,2,4-5,7,9H2,1H3. The number of nitrogens with one attached hydrogen (secondary N) is 1. The average Bonchev–Trinajstić information content (AvgIpc) is 2.99. The van der Waals surface area contributed by atoms with E-state index in [1.54, 1.807) is 22.9 Å². The Morgan fingerprint density at radius 1 is 1.53 bits per heavy atom. The van der Waals surface area contributed by atoms with Gasteiger partial charge in [0.1, 0.15) is 0 Å². The van der Waals surface area contributed by atoms with Gasteiger partial charge in [-0.05, 0) is 44.4 Å². The van der Waals surface area contributed by atoms with Gasteiger partial charge in [0.15, 0.2) is 11.2 Å². The largest absolute Gasteiger partial charge is 0.421 e. The second-order valence-electron chi connectivity index (χ2n) is 5.22. The van der Waals surface area contributed by atoms with Crippen molar-refractivity contribution >= 4 is 11.2 Å². The third-order valence-electron chi connectivity index (χ3n) is 4.18. The van der Waals surface area contributed by atoms with Crippen molar-refractivity contribution in [1.29, 1.82) is 0 Å². The van der Waals surface area contributed by atoms with E-state index in [4.69, 9.17) is 4.42 Å². The van der Waals surface area contributed by atoms with Gasteiger partial charge in [0, 0.05) is 18.8 Å². The minimum Gasteiger partial charge on any atom is -0.406 e. The minimum atomic E-state index is -0.298. The van der Waals surface area contributed by atoms with Crippen LogP contribution in [-0.4, -0.2) is 22.6 Å². The van der Waals surface area contributed by atoms with Crippen LogP contribution in [0.3, 0.4) is 0 Å². The van der Waals surface area contributed by atoms with Gasteiger partial charge in [0.25, 0.3) is 0 Å². The van der Waals surface area contributed by atoms with Crippen molar-refractivity contribution in [2.24, 2.45) is 5.92 Å². The lowest BCUT2D eigenvalue weighted by Crippen LogP contribution is -2.30. The van der Waals surface area contributed by atoms with E-state index < -0.39 is 0 Å². The SMILES string of the molecule is CNC1CCCC1CCn1c(=O)oc2cccnc21. The molecule has 5 nitrogen and oxygen atoms in total. The van der Waals surface area contributed by atoms with E-state index in [-0.39, 0.29) is 5.76 Å². The first kappa shape index (κ1) is 12.4. The zero-order chi connectivity index (χ0) is 13.2. The molecule has 0 aromatic carbocycles. The number of rotatable bonds is 4. The van der Waals surface area contributed by atoms with Crippen molar-refractivity contribution < 1.29 is 4.42 Å². The van der Waals surface area contributed by atoms with Gasteiger partial charge in [-0.15, -0.1) is 0 Å². The predicted octanol–water partition coefficient (Wildman–Crippen LogP) is 1.77. The highest BCUT2D eigenvalue weighted by atomic mass is 16.4. The molecule has 2 unspecified atom stereocenters. The number of pyridine rings is 1. The quantitative estimate of drug-likeness (QED) is 0.911. The zero-order valence-corrected chi connectivity index (χ0v) is 11.1. The van der Waals surface area contributed by atoms with E-state index in [2.05, 4.69) is 10.3 Å². The molecule has 1 N–H and O–H groups in total. The molecule has 1 aliphatic rings. The monoisotopic (exact) mass is 261 g/mol. The van der Waals surface area contributed by atoms with E-state index in [0.29, 0.717) is 29.7 Å². The summed E-state index contributed by atoms with van der Waals surface area (Å²) in [6.07, 6.45) is 6.44. The molecule has 19 heavy (non-hydrogen) atoms. The lowest BCUT2D eigenvalue weighted by molar-refractivity contribution is 0.370. The van der Waals surface area contributed by atoms with Crippen LogP contribution in [0.4, 0.5) is 0 Å². The summed E-state index contributed by atoms with van der Waals surface area (Å²) in [6.45, 7) is 0.686. The molecule has 0 radical (unpaired) electrons. The summed E-state index contributed by atoms with van der Waals surface area (Å²) < 4.78 is 6.85. The lowest BCUT2D eigenvalue weighted by atomic mass is 10.00. The number of fused-ring (bicyclic) bond motifs is 1. The Labute approximate surface area is 111 Å². The number of hydrogen-bond donors (Lipinski definition) is 1. The Morgan fingerprint density at radius 3 is 3.26 bits per heavy atom. The summed E-state index contributed by atoms with van der Waals surface area (Å²) in [5.74, 6) is 0.346. The van der Waals surface area contributed by atoms with Crippen LogP contribution in [0.1, 0.15) is 25.7 Å². The van der Waals surface area contributed by atoms with Crippen LogP contribution in [0.2, 0.25) is 0 Å². The molecule has 0 spiro atoms. The Balaban J connectivity index is 1.78. The molecule has 3 rings (SSSR count). The molecular weight excluding hydrogens is 242 g/mol. The normalized spacial score (nSPS) is 23.2. The maximum atomic E-state index is 11.8. The summed E-state index contributed by atoms with van der Waals surface area (Å²) in [4.78, 5) is 16.1. The van der Waals surface area contributed by atoms with Gasteiger partial charge in [0.05, 0.1) is 0 Å². The summed E-state index contributed by atoms with van der Waals surface area (Å²) in [6, 6.07) is 4.15. The Kier molecular flexibility index (Phi) is 3.38. The zero-order valence-electron chi connectivity index (χ0n) is 11.1. The molecule has 1 aliphatic carbocycles. The Hall–Kier alpha value is -1.62. The van der Waals surface area contributed by atoms with E-state index in [9.17, 15) is 4.79 Å². The molecule has 0 bridgehead atoms. The fourth-order valence-corrected chi connectivity index (χ4v) is 3.15. The third-order valence-corrected chi connectivity index (χ3v) is 4.18.